The van der Waals surface area contributed by atoms with E-state index in [-0.39, 0.29) is 17.2 Å². The van der Waals surface area contributed by atoms with Gasteiger partial charge in [-0.15, -0.1) is 0 Å². The van der Waals surface area contributed by atoms with E-state index < -0.39 is 10.0 Å². The van der Waals surface area contributed by atoms with Crippen LogP contribution in [0.4, 0.5) is 11.4 Å². The average molecular weight is 458 g/mol. The summed E-state index contributed by atoms with van der Waals surface area (Å²) in [7, 11) is -3.31. The van der Waals surface area contributed by atoms with Crippen molar-refractivity contribution in [3.63, 3.8) is 0 Å². The molecular formula is C23H24ClN3O3S. The molecule has 2 N–H and O–H groups in total. The molecule has 0 unspecified atom stereocenters. The summed E-state index contributed by atoms with van der Waals surface area (Å²) >= 11 is 6.15. The zero-order valence-electron chi connectivity index (χ0n) is 17.6. The largest absolute Gasteiger partial charge is 0.336 e. The van der Waals surface area contributed by atoms with E-state index in [1.807, 2.05) is 24.3 Å². The van der Waals surface area contributed by atoms with E-state index in [1.165, 1.54) is 6.08 Å². The van der Waals surface area contributed by atoms with Crippen molar-refractivity contribution in [1.29, 1.82) is 0 Å². The fourth-order valence-electron chi connectivity index (χ4n) is 3.94. The summed E-state index contributed by atoms with van der Waals surface area (Å²) in [4.78, 5) is 12.7. The quantitative estimate of drug-likeness (QED) is 0.543. The summed E-state index contributed by atoms with van der Waals surface area (Å²) in [6.45, 7) is 6.32. The number of carbonyl (C=O) groups is 1. The average Bonchev–Trinajstić information content (AvgIpc) is 3.03. The van der Waals surface area contributed by atoms with Gasteiger partial charge < -0.3 is 9.88 Å². The molecule has 162 valence electrons. The van der Waals surface area contributed by atoms with Gasteiger partial charge in [0, 0.05) is 44.5 Å². The minimum Gasteiger partial charge on any atom is -0.336 e. The number of amides is 1. The van der Waals surface area contributed by atoms with Crippen molar-refractivity contribution < 1.29 is 13.2 Å². The van der Waals surface area contributed by atoms with Crippen LogP contribution < -0.4 is 10.0 Å². The molecular weight excluding hydrogens is 434 g/mol. The number of carbonyl (C=O) groups excluding carboxylic acids is 1. The Bertz CT molecular complexity index is 1320. The SMILES string of the molecule is CC(C)(C)n1c(/C=C/C(=O)Nc2cccc3c2CCS(=O)(=O)N3)cc2cc(Cl)ccc21. The van der Waals surface area contributed by atoms with Gasteiger partial charge in [0.2, 0.25) is 15.9 Å². The molecule has 2 aromatic carbocycles. The van der Waals surface area contributed by atoms with Gasteiger partial charge in [-0.05, 0) is 69.7 Å². The van der Waals surface area contributed by atoms with Crippen LogP contribution in [0, 0.1) is 0 Å². The molecule has 1 aromatic heterocycles. The van der Waals surface area contributed by atoms with Crippen molar-refractivity contribution in [2.24, 2.45) is 0 Å². The second-order valence-corrected chi connectivity index (χ2v) is 10.9. The Morgan fingerprint density at radius 3 is 2.71 bits per heavy atom. The highest BCUT2D eigenvalue weighted by atomic mass is 35.5. The number of nitrogens with zero attached hydrogens (tertiary/aromatic N) is 1. The van der Waals surface area contributed by atoms with Gasteiger partial charge in [0.25, 0.3) is 0 Å². The Kier molecular flexibility index (Phi) is 5.35. The van der Waals surface area contributed by atoms with Gasteiger partial charge >= 0.3 is 0 Å². The molecule has 2 heterocycles. The van der Waals surface area contributed by atoms with E-state index in [2.05, 4.69) is 35.4 Å². The van der Waals surface area contributed by atoms with Crippen molar-refractivity contribution >= 4 is 55.9 Å². The van der Waals surface area contributed by atoms with Crippen LogP contribution in [0.2, 0.25) is 5.02 Å². The molecule has 0 aliphatic carbocycles. The third-order valence-electron chi connectivity index (χ3n) is 5.19. The van der Waals surface area contributed by atoms with E-state index in [9.17, 15) is 13.2 Å². The third-order valence-corrected chi connectivity index (χ3v) is 6.70. The first-order valence-corrected chi connectivity index (χ1v) is 12.0. The fourth-order valence-corrected chi connectivity index (χ4v) is 5.22. The molecule has 0 atom stereocenters. The maximum absolute atomic E-state index is 12.7. The van der Waals surface area contributed by atoms with Gasteiger partial charge in [0.05, 0.1) is 11.4 Å². The van der Waals surface area contributed by atoms with E-state index in [0.29, 0.717) is 22.8 Å². The molecule has 1 aliphatic heterocycles. The van der Waals surface area contributed by atoms with E-state index in [0.717, 1.165) is 22.2 Å². The predicted molar refractivity (Wildman–Crippen MR) is 127 cm³/mol. The first-order chi connectivity index (χ1) is 14.5. The molecule has 0 bridgehead atoms. The maximum Gasteiger partial charge on any atom is 0.248 e. The zero-order chi connectivity index (χ0) is 22.4. The lowest BCUT2D eigenvalue weighted by Crippen LogP contribution is -2.25. The number of sulfonamides is 1. The predicted octanol–water partition coefficient (Wildman–Crippen LogP) is 5.00. The second kappa shape index (κ2) is 7.73. The number of aromatic nitrogens is 1. The molecule has 0 radical (unpaired) electrons. The summed E-state index contributed by atoms with van der Waals surface area (Å²) < 4.78 is 28.3. The molecule has 1 amide bonds. The lowest BCUT2D eigenvalue weighted by atomic mass is 10.1. The van der Waals surface area contributed by atoms with Crippen molar-refractivity contribution in [2.75, 3.05) is 15.8 Å². The van der Waals surface area contributed by atoms with Gasteiger partial charge in [-0.1, -0.05) is 17.7 Å². The van der Waals surface area contributed by atoms with Gasteiger partial charge in [-0.3, -0.25) is 9.52 Å². The number of nitrogens with one attached hydrogen (secondary N) is 2. The first-order valence-electron chi connectivity index (χ1n) is 9.96. The number of halogens is 1. The molecule has 31 heavy (non-hydrogen) atoms. The highest BCUT2D eigenvalue weighted by Gasteiger charge is 2.23. The topological polar surface area (TPSA) is 80.2 Å². The van der Waals surface area contributed by atoms with E-state index >= 15 is 0 Å². The van der Waals surface area contributed by atoms with Crippen LogP contribution in [0.1, 0.15) is 32.0 Å². The number of rotatable bonds is 3. The summed E-state index contributed by atoms with van der Waals surface area (Å²) in [6, 6.07) is 13.0. The van der Waals surface area contributed by atoms with Crippen molar-refractivity contribution in [2.45, 2.75) is 32.7 Å². The Morgan fingerprint density at radius 2 is 1.97 bits per heavy atom. The molecule has 4 rings (SSSR count). The molecule has 6 nitrogen and oxygen atoms in total. The van der Waals surface area contributed by atoms with Crippen LogP contribution >= 0.6 is 11.6 Å². The van der Waals surface area contributed by atoms with Gasteiger partial charge in [-0.2, -0.15) is 0 Å². The van der Waals surface area contributed by atoms with E-state index in [1.54, 1.807) is 24.3 Å². The van der Waals surface area contributed by atoms with Crippen LogP contribution in [-0.2, 0) is 26.8 Å². The highest BCUT2D eigenvalue weighted by Crippen LogP contribution is 2.31. The zero-order valence-corrected chi connectivity index (χ0v) is 19.1. The molecule has 8 heteroatoms. The van der Waals surface area contributed by atoms with Crippen LogP contribution in [-0.4, -0.2) is 24.6 Å². The lowest BCUT2D eigenvalue weighted by molar-refractivity contribution is -0.111. The van der Waals surface area contributed by atoms with Crippen LogP contribution in [0.3, 0.4) is 0 Å². The first kappa shape index (κ1) is 21.5. The monoisotopic (exact) mass is 457 g/mol. The van der Waals surface area contributed by atoms with Gasteiger partial charge in [-0.25, -0.2) is 8.42 Å². The Balaban J connectivity index is 1.62. The minimum atomic E-state index is -3.31. The summed E-state index contributed by atoms with van der Waals surface area (Å²) in [5.74, 6) is -0.290. The standard InChI is InChI=1S/C23H24ClN3O3S/c1-23(2,3)27-17(14-15-13-16(24)7-9-21(15)27)8-10-22(28)25-19-5-4-6-20-18(19)11-12-31(29,30)26-20/h4-10,13-14,26H,11-12H2,1-3H3,(H,25,28)/b10-8+. The summed E-state index contributed by atoms with van der Waals surface area (Å²) in [5, 5.41) is 4.55. The minimum absolute atomic E-state index is 0.00301. The molecule has 3 aromatic rings. The number of hydrogen-bond acceptors (Lipinski definition) is 3. The molecule has 1 aliphatic rings. The molecule has 0 spiro atoms. The number of benzene rings is 2. The van der Waals surface area contributed by atoms with Crippen LogP contribution in [0.5, 0.6) is 0 Å². The molecule has 0 fully saturated rings. The van der Waals surface area contributed by atoms with Crippen molar-refractivity contribution in [3.8, 4) is 0 Å². The smallest absolute Gasteiger partial charge is 0.248 e. The molecule has 0 saturated carbocycles. The number of hydrogen-bond donors (Lipinski definition) is 2. The lowest BCUT2D eigenvalue weighted by Gasteiger charge is -2.25. The third kappa shape index (κ3) is 4.48. The van der Waals surface area contributed by atoms with Gasteiger partial charge in [0.1, 0.15) is 0 Å². The maximum atomic E-state index is 12.7. The summed E-state index contributed by atoms with van der Waals surface area (Å²) in [6.07, 6.45) is 3.63. The van der Waals surface area contributed by atoms with Gasteiger partial charge in [0.15, 0.2) is 0 Å². The summed E-state index contributed by atoms with van der Waals surface area (Å²) in [5.41, 5.74) is 3.65. The Morgan fingerprint density at radius 1 is 1.19 bits per heavy atom. The van der Waals surface area contributed by atoms with E-state index in [4.69, 9.17) is 11.6 Å². The number of anilines is 2. The molecule has 0 saturated heterocycles. The van der Waals surface area contributed by atoms with Crippen LogP contribution in [0.15, 0.2) is 48.5 Å². The van der Waals surface area contributed by atoms with Crippen LogP contribution in [0.25, 0.3) is 17.0 Å². The second-order valence-electron chi connectivity index (χ2n) is 8.60. The fraction of sp³-hybridized carbons (Fsp3) is 0.261. The normalized spacial score (nSPS) is 15.6. The Labute approximate surface area is 187 Å². The Hall–Kier alpha value is -2.77. The number of fused-ring (bicyclic) bond motifs is 2. The highest BCUT2D eigenvalue weighted by molar-refractivity contribution is 7.92. The van der Waals surface area contributed by atoms with Crippen molar-refractivity contribution in [1.82, 2.24) is 4.57 Å². The van der Waals surface area contributed by atoms with Crippen molar-refractivity contribution in [3.05, 3.63) is 64.8 Å².